The number of hydrogen-bond donors (Lipinski definition) is 1. The first-order valence-electron chi connectivity index (χ1n) is 10.1. The Labute approximate surface area is 177 Å². The Morgan fingerprint density at radius 1 is 1.10 bits per heavy atom. The van der Waals surface area contributed by atoms with E-state index in [9.17, 15) is 9.59 Å². The SMILES string of the molecule is CCc1ccccc1OCC(=O)N1CCC(NC(=O)Cc2ccc(Cl)cc2)CC1. The summed E-state index contributed by atoms with van der Waals surface area (Å²) in [5.74, 6) is 0.756. The molecular formula is C23H27ClN2O3. The number of rotatable bonds is 7. The fourth-order valence-corrected chi connectivity index (χ4v) is 3.63. The quantitative estimate of drug-likeness (QED) is 0.752. The van der Waals surface area contributed by atoms with Crippen LogP contribution in [0.4, 0.5) is 0 Å². The lowest BCUT2D eigenvalue weighted by molar-refractivity contribution is -0.134. The number of amides is 2. The maximum absolute atomic E-state index is 12.5. The molecule has 0 aromatic heterocycles. The topological polar surface area (TPSA) is 58.6 Å². The molecule has 154 valence electrons. The Hall–Kier alpha value is -2.53. The summed E-state index contributed by atoms with van der Waals surface area (Å²) in [4.78, 5) is 26.5. The van der Waals surface area contributed by atoms with Crippen LogP contribution in [0.3, 0.4) is 0 Å². The van der Waals surface area contributed by atoms with Gasteiger partial charge in [0.05, 0.1) is 6.42 Å². The number of hydrogen-bond acceptors (Lipinski definition) is 3. The standard InChI is InChI=1S/C23H27ClN2O3/c1-2-18-5-3-4-6-21(18)29-16-23(28)26-13-11-20(12-14-26)25-22(27)15-17-7-9-19(24)10-8-17/h3-10,20H,2,11-16H2,1H3,(H,25,27). The first kappa shape index (κ1) is 21.2. The molecule has 29 heavy (non-hydrogen) atoms. The number of aryl methyl sites for hydroxylation is 1. The predicted molar refractivity (Wildman–Crippen MR) is 114 cm³/mol. The molecule has 2 aromatic carbocycles. The molecule has 2 aromatic rings. The van der Waals surface area contributed by atoms with Crippen LogP contribution in [0.5, 0.6) is 5.75 Å². The number of ether oxygens (including phenoxy) is 1. The van der Waals surface area contributed by atoms with Gasteiger partial charge in [0.15, 0.2) is 6.61 Å². The summed E-state index contributed by atoms with van der Waals surface area (Å²) in [6.07, 6.45) is 2.71. The van der Waals surface area contributed by atoms with E-state index in [-0.39, 0.29) is 24.5 Å². The lowest BCUT2D eigenvalue weighted by Crippen LogP contribution is -2.48. The number of piperidine rings is 1. The highest BCUT2D eigenvalue weighted by Crippen LogP contribution is 2.19. The van der Waals surface area contributed by atoms with E-state index in [4.69, 9.17) is 16.3 Å². The number of likely N-dealkylation sites (tertiary alicyclic amines) is 1. The first-order valence-corrected chi connectivity index (χ1v) is 10.4. The largest absolute Gasteiger partial charge is 0.483 e. The first-order chi connectivity index (χ1) is 14.0. The average molecular weight is 415 g/mol. The van der Waals surface area contributed by atoms with Crippen molar-refractivity contribution in [2.24, 2.45) is 0 Å². The van der Waals surface area contributed by atoms with Crippen molar-refractivity contribution in [3.63, 3.8) is 0 Å². The summed E-state index contributed by atoms with van der Waals surface area (Å²) in [5.41, 5.74) is 2.03. The molecule has 6 heteroatoms. The molecule has 1 saturated heterocycles. The van der Waals surface area contributed by atoms with Crippen LogP contribution in [-0.4, -0.2) is 42.5 Å². The van der Waals surface area contributed by atoms with Crippen LogP contribution < -0.4 is 10.1 Å². The average Bonchev–Trinajstić information content (AvgIpc) is 2.74. The Morgan fingerprint density at radius 2 is 1.79 bits per heavy atom. The van der Waals surface area contributed by atoms with Gasteiger partial charge >= 0.3 is 0 Å². The fraction of sp³-hybridized carbons (Fsp3) is 0.391. The third-order valence-corrected chi connectivity index (χ3v) is 5.45. The fourth-order valence-electron chi connectivity index (χ4n) is 3.51. The second-order valence-corrected chi connectivity index (χ2v) is 7.71. The summed E-state index contributed by atoms with van der Waals surface area (Å²) in [5, 5.41) is 3.73. The zero-order valence-electron chi connectivity index (χ0n) is 16.7. The van der Waals surface area contributed by atoms with E-state index in [1.54, 1.807) is 12.1 Å². The number of halogens is 1. The molecule has 1 heterocycles. The van der Waals surface area contributed by atoms with Gasteiger partial charge in [-0.05, 0) is 48.6 Å². The highest BCUT2D eigenvalue weighted by atomic mass is 35.5. The van der Waals surface area contributed by atoms with E-state index in [1.807, 2.05) is 41.3 Å². The molecule has 1 aliphatic rings. The van der Waals surface area contributed by atoms with Crippen molar-refractivity contribution in [2.75, 3.05) is 19.7 Å². The van der Waals surface area contributed by atoms with Crippen LogP contribution in [-0.2, 0) is 22.4 Å². The van der Waals surface area contributed by atoms with Gasteiger partial charge in [-0.2, -0.15) is 0 Å². The number of nitrogens with one attached hydrogen (secondary N) is 1. The van der Waals surface area contributed by atoms with E-state index in [0.717, 1.165) is 36.1 Å². The van der Waals surface area contributed by atoms with E-state index in [0.29, 0.717) is 24.5 Å². The minimum absolute atomic E-state index is 0.00314. The smallest absolute Gasteiger partial charge is 0.260 e. The summed E-state index contributed by atoms with van der Waals surface area (Å²) >= 11 is 5.87. The van der Waals surface area contributed by atoms with Gasteiger partial charge in [0, 0.05) is 24.2 Å². The Balaban J connectivity index is 1.40. The molecule has 1 N–H and O–H groups in total. The van der Waals surface area contributed by atoms with Crippen molar-refractivity contribution in [3.05, 3.63) is 64.7 Å². The normalized spacial score (nSPS) is 14.5. The lowest BCUT2D eigenvalue weighted by Gasteiger charge is -2.32. The third kappa shape index (κ3) is 6.23. The zero-order valence-corrected chi connectivity index (χ0v) is 17.5. The lowest BCUT2D eigenvalue weighted by atomic mass is 10.0. The van der Waals surface area contributed by atoms with Crippen molar-refractivity contribution >= 4 is 23.4 Å². The van der Waals surface area contributed by atoms with E-state index < -0.39 is 0 Å². The van der Waals surface area contributed by atoms with E-state index in [1.165, 1.54) is 0 Å². The molecule has 0 atom stereocenters. The molecule has 5 nitrogen and oxygen atoms in total. The van der Waals surface area contributed by atoms with Crippen molar-refractivity contribution in [3.8, 4) is 5.75 Å². The van der Waals surface area contributed by atoms with Crippen LogP contribution >= 0.6 is 11.6 Å². The molecule has 1 fully saturated rings. The van der Waals surface area contributed by atoms with Crippen LogP contribution in [0.2, 0.25) is 5.02 Å². The summed E-state index contributed by atoms with van der Waals surface area (Å²) < 4.78 is 5.74. The molecule has 0 aliphatic carbocycles. The molecule has 0 bridgehead atoms. The number of benzene rings is 2. The zero-order chi connectivity index (χ0) is 20.6. The molecule has 0 radical (unpaired) electrons. The van der Waals surface area contributed by atoms with Gasteiger partial charge in [0.1, 0.15) is 5.75 Å². The van der Waals surface area contributed by atoms with Crippen molar-refractivity contribution in [1.82, 2.24) is 10.2 Å². The van der Waals surface area contributed by atoms with Crippen LogP contribution in [0.15, 0.2) is 48.5 Å². The van der Waals surface area contributed by atoms with Gasteiger partial charge < -0.3 is 15.0 Å². The molecule has 1 aliphatic heterocycles. The van der Waals surface area contributed by atoms with E-state index in [2.05, 4.69) is 12.2 Å². The number of carbonyl (C=O) groups excluding carboxylic acids is 2. The van der Waals surface area contributed by atoms with Crippen LogP contribution in [0, 0.1) is 0 Å². The maximum atomic E-state index is 12.5. The van der Waals surface area contributed by atoms with Crippen LogP contribution in [0.1, 0.15) is 30.9 Å². The maximum Gasteiger partial charge on any atom is 0.260 e. The minimum atomic E-state index is -0.0122. The second-order valence-electron chi connectivity index (χ2n) is 7.28. The van der Waals surface area contributed by atoms with Gasteiger partial charge in [0.25, 0.3) is 5.91 Å². The predicted octanol–water partition coefficient (Wildman–Crippen LogP) is 3.63. The third-order valence-electron chi connectivity index (χ3n) is 5.20. The number of nitrogens with zero attached hydrogens (tertiary/aromatic N) is 1. The molecule has 2 amide bonds. The Kier molecular flexibility index (Phi) is 7.53. The highest BCUT2D eigenvalue weighted by molar-refractivity contribution is 6.30. The minimum Gasteiger partial charge on any atom is -0.483 e. The van der Waals surface area contributed by atoms with Gasteiger partial charge in [-0.3, -0.25) is 9.59 Å². The second kappa shape index (κ2) is 10.3. The molecule has 0 saturated carbocycles. The number of para-hydroxylation sites is 1. The van der Waals surface area contributed by atoms with Crippen LogP contribution in [0.25, 0.3) is 0 Å². The van der Waals surface area contributed by atoms with E-state index >= 15 is 0 Å². The Bertz CT molecular complexity index is 830. The number of carbonyl (C=O) groups is 2. The summed E-state index contributed by atoms with van der Waals surface area (Å²) in [6.45, 7) is 3.37. The molecule has 0 spiro atoms. The molecular weight excluding hydrogens is 388 g/mol. The van der Waals surface area contributed by atoms with Gasteiger partial charge in [-0.15, -0.1) is 0 Å². The molecule has 0 unspecified atom stereocenters. The van der Waals surface area contributed by atoms with Crippen molar-refractivity contribution < 1.29 is 14.3 Å². The van der Waals surface area contributed by atoms with Crippen molar-refractivity contribution in [2.45, 2.75) is 38.6 Å². The van der Waals surface area contributed by atoms with Crippen molar-refractivity contribution in [1.29, 1.82) is 0 Å². The van der Waals surface area contributed by atoms with Gasteiger partial charge in [-0.25, -0.2) is 0 Å². The van der Waals surface area contributed by atoms with Gasteiger partial charge in [-0.1, -0.05) is 48.9 Å². The monoisotopic (exact) mass is 414 g/mol. The molecule has 3 rings (SSSR count). The highest BCUT2D eigenvalue weighted by Gasteiger charge is 2.24. The summed E-state index contributed by atoms with van der Waals surface area (Å²) in [6, 6.07) is 15.2. The van der Waals surface area contributed by atoms with Gasteiger partial charge in [0.2, 0.25) is 5.91 Å². The summed E-state index contributed by atoms with van der Waals surface area (Å²) in [7, 11) is 0. The Morgan fingerprint density at radius 3 is 2.48 bits per heavy atom.